The van der Waals surface area contributed by atoms with Gasteiger partial charge in [-0.1, -0.05) is 0 Å². The van der Waals surface area contributed by atoms with Crippen LogP contribution in [0.1, 0.15) is 19.9 Å². The number of rotatable bonds is 3. The van der Waals surface area contributed by atoms with Crippen LogP contribution in [-0.2, 0) is 10.0 Å². The molecule has 0 saturated carbocycles. The second-order valence-corrected chi connectivity index (χ2v) is 5.66. The Morgan fingerprint density at radius 3 is 2.53 bits per heavy atom. The van der Waals surface area contributed by atoms with Crippen LogP contribution in [0.3, 0.4) is 0 Å². The predicted octanol–water partition coefficient (Wildman–Crippen LogP) is 0.707. The Bertz CT molecular complexity index is 710. The van der Waals surface area contributed by atoms with Gasteiger partial charge in [-0.05, 0) is 19.9 Å². The first-order valence-electron chi connectivity index (χ1n) is 5.39. The van der Waals surface area contributed by atoms with Gasteiger partial charge in [-0.15, -0.1) is 10.2 Å². The van der Waals surface area contributed by atoms with Crippen LogP contribution in [0.25, 0.3) is 11.4 Å². The number of pyridine rings is 1. The van der Waals surface area contributed by atoms with Gasteiger partial charge >= 0.3 is 0 Å². The maximum atomic E-state index is 13.2. The first-order valence-corrected chi connectivity index (χ1v) is 6.94. The molecule has 7 nitrogen and oxygen atoms in total. The molecule has 2 aromatic heterocycles. The molecule has 0 bridgehead atoms. The third-order valence-corrected chi connectivity index (χ3v) is 3.19. The number of sulfonamides is 1. The Morgan fingerprint density at radius 2 is 2.00 bits per heavy atom. The van der Waals surface area contributed by atoms with Crippen molar-refractivity contribution in [2.75, 3.05) is 0 Å². The van der Waals surface area contributed by atoms with E-state index in [2.05, 4.69) is 15.2 Å². The Kier molecular flexibility index (Phi) is 3.33. The van der Waals surface area contributed by atoms with Gasteiger partial charge in [0.2, 0.25) is 0 Å². The van der Waals surface area contributed by atoms with Crippen molar-refractivity contribution in [1.29, 1.82) is 0 Å². The molecule has 2 aromatic rings. The van der Waals surface area contributed by atoms with Crippen LogP contribution in [-0.4, -0.2) is 28.2 Å². The number of primary sulfonamides is 1. The zero-order valence-corrected chi connectivity index (χ0v) is 11.1. The van der Waals surface area contributed by atoms with Crippen LogP contribution in [0.5, 0.6) is 0 Å². The fraction of sp³-hybridized carbons (Fsp3) is 0.300. The lowest BCUT2D eigenvalue weighted by Crippen LogP contribution is -2.20. The molecule has 102 valence electrons. The summed E-state index contributed by atoms with van der Waals surface area (Å²) < 4.78 is 37.4. The summed E-state index contributed by atoms with van der Waals surface area (Å²) in [4.78, 5) is 3.70. The smallest absolute Gasteiger partial charge is 0.273 e. The van der Waals surface area contributed by atoms with Crippen molar-refractivity contribution in [2.45, 2.75) is 25.0 Å². The summed E-state index contributed by atoms with van der Waals surface area (Å²) in [7, 11) is -4.00. The Hall–Kier alpha value is -1.87. The molecule has 0 fully saturated rings. The molecule has 0 aromatic carbocycles. The minimum Gasteiger partial charge on any atom is -0.294 e. The summed E-state index contributed by atoms with van der Waals surface area (Å²) in [6.45, 7) is 3.49. The molecule has 0 radical (unpaired) electrons. The van der Waals surface area contributed by atoms with E-state index in [4.69, 9.17) is 5.14 Å². The first kappa shape index (κ1) is 13.6. The second kappa shape index (κ2) is 4.67. The maximum absolute atomic E-state index is 13.2. The highest BCUT2D eigenvalue weighted by Crippen LogP contribution is 2.23. The van der Waals surface area contributed by atoms with E-state index in [1.807, 2.05) is 0 Å². The average molecular weight is 285 g/mol. The molecule has 19 heavy (non-hydrogen) atoms. The number of hydrogen-bond acceptors (Lipinski definition) is 5. The van der Waals surface area contributed by atoms with Gasteiger partial charge in [0.1, 0.15) is 5.82 Å². The normalized spacial score (nSPS) is 12.1. The summed E-state index contributed by atoms with van der Waals surface area (Å²) >= 11 is 0. The predicted molar refractivity (Wildman–Crippen MR) is 65.0 cm³/mol. The van der Waals surface area contributed by atoms with Crippen molar-refractivity contribution >= 4 is 10.0 Å². The minimum absolute atomic E-state index is 0.200. The summed E-state index contributed by atoms with van der Waals surface area (Å²) in [6.07, 6.45) is 2.42. The van der Waals surface area contributed by atoms with E-state index in [0.717, 1.165) is 6.20 Å². The molecule has 0 spiro atoms. The van der Waals surface area contributed by atoms with Crippen molar-refractivity contribution in [3.63, 3.8) is 0 Å². The molecule has 2 N–H and O–H groups in total. The van der Waals surface area contributed by atoms with Crippen LogP contribution in [0.15, 0.2) is 23.6 Å². The molecule has 2 heterocycles. The summed E-state index contributed by atoms with van der Waals surface area (Å²) in [6, 6.07) is 0.935. The Morgan fingerprint density at radius 1 is 1.32 bits per heavy atom. The SMILES string of the molecule is CC(C)n1c(-c2cncc(F)c2)nnc1S(N)(=O)=O. The quantitative estimate of drug-likeness (QED) is 0.894. The minimum atomic E-state index is -4.00. The van der Waals surface area contributed by atoms with Crippen LogP contribution in [0.4, 0.5) is 4.39 Å². The van der Waals surface area contributed by atoms with E-state index < -0.39 is 15.8 Å². The van der Waals surface area contributed by atoms with Crippen molar-refractivity contribution in [1.82, 2.24) is 19.7 Å². The first-order chi connectivity index (χ1) is 8.80. The van der Waals surface area contributed by atoms with E-state index in [1.54, 1.807) is 13.8 Å². The number of hydrogen-bond donors (Lipinski definition) is 1. The summed E-state index contributed by atoms with van der Waals surface area (Å²) in [5, 5.41) is 12.0. The summed E-state index contributed by atoms with van der Waals surface area (Å²) in [5.41, 5.74) is 0.330. The lowest BCUT2D eigenvalue weighted by Gasteiger charge is -2.12. The Labute approximate surface area is 109 Å². The van der Waals surface area contributed by atoms with Crippen LogP contribution in [0, 0.1) is 5.82 Å². The van der Waals surface area contributed by atoms with Crippen molar-refractivity contribution < 1.29 is 12.8 Å². The zero-order chi connectivity index (χ0) is 14.2. The van der Waals surface area contributed by atoms with Gasteiger partial charge in [0.05, 0.1) is 6.20 Å². The van der Waals surface area contributed by atoms with Crippen molar-refractivity contribution in [2.24, 2.45) is 5.14 Å². The molecular weight excluding hydrogens is 273 g/mol. The van der Waals surface area contributed by atoms with Gasteiger partial charge in [0.15, 0.2) is 5.82 Å². The molecule has 0 aliphatic rings. The van der Waals surface area contributed by atoms with E-state index in [-0.39, 0.29) is 17.0 Å². The van der Waals surface area contributed by atoms with E-state index in [9.17, 15) is 12.8 Å². The molecule has 0 aliphatic carbocycles. The number of nitrogens with two attached hydrogens (primary N) is 1. The maximum Gasteiger partial charge on any atom is 0.273 e. The Balaban J connectivity index is 2.69. The molecule has 0 unspecified atom stereocenters. The topological polar surface area (TPSA) is 104 Å². The van der Waals surface area contributed by atoms with E-state index >= 15 is 0 Å². The van der Waals surface area contributed by atoms with Crippen LogP contribution < -0.4 is 5.14 Å². The average Bonchev–Trinajstić information content (AvgIpc) is 2.72. The molecule has 0 saturated heterocycles. The highest BCUT2D eigenvalue weighted by molar-refractivity contribution is 7.89. The number of halogens is 1. The van der Waals surface area contributed by atoms with Crippen LogP contribution >= 0.6 is 0 Å². The molecular formula is C10H12FN5O2S. The van der Waals surface area contributed by atoms with Gasteiger partial charge in [-0.3, -0.25) is 9.55 Å². The third-order valence-electron chi connectivity index (χ3n) is 2.40. The van der Waals surface area contributed by atoms with E-state index in [1.165, 1.54) is 16.8 Å². The highest BCUT2D eigenvalue weighted by atomic mass is 32.2. The zero-order valence-electron chi connectivity index (χ0n) is 10.3. The van der Waals surface area contributed by atoms with Crippen LogP contribution in [0.2, 0.25) is 0 Å². The number of nitrogens with zero attached hydrogens (tertiary/aromatic N) is 4. The molecule has 9 heteroatoms. The highest BCUT2D eigenvalue weighted by Gasteiger charge is 2.24. The van der Waals surface area contributed by atoms with Gasteiger partial charge in [0, 0.05) is 17.8 Å². The van der Waals surface area contributed by atoms with Gasteiger partial charge in [-0.2, -0.15) is 0 Å². The van der Waals surface area contributed by atoms with Gasteiger partial charge < -0.3 is 0 Å². The van der Waals surface area contributed by atoms with Gasteiger partial charge in [-0.25, -0.2) is 17.9 Å². The molecule has 0 aliphatic heterocycles. The van der Waals surface area contributed by atoms with Crippen molar-refractivity contribution in [3.05, 3.63) is 24.3 Å². The monoisotopic (exact) mass is 285 g/mol. The molecule has 0 atom stereocenters. The van der Waals surface area contributed by atoms with E-state index in [0.29, 0.717) is 5.56 Å². The molecule has 2 rings (SSSR count). The standard InChI is InChI=1S/C10H12FN5O2S/c1-6(2)16-9(7-3-8(11)5-13-4-7)14-15-10(16)19(12,17)18/h3-6H,1-2H3,(H2,12,17,18). The molecule has 0 amide bonds. The summed E-state index contributed by atoms with van der Waals surface area (Å²) in [5.74, 6) is -0.348. The lowest BCUT2D eigenvalue weighted by molar-refractivity contribution is 0.524. The number of aromatic nitrogens is 4. The van der Waals surface area contributed by atoms with Gasteiger partial charge in [0.25, 0.3) is 15.2 Å². The second-order valence-electron chi connectivity index (χ2n) is 4.21. The van der Waals surface area contributed by atoms with Crippen molar-refractivity contribution in [3.8, 4) is 11.4 Å². The fourth-order valence-corrected chi connectivity index (χ4v) is 2.39. The lowest BCUT2D eigenvalue weighted by atomic mass is 10.2. The fourth-order valence-electron chi connectivity index (χ4n) is 1.67. The third kappa shape index (κ3) is 2.61. The largest absolute Gasteiger partial charge is 0.294 e.